The quantitative estimate of drug-likeness (QED) is 0.175. The van der Waals surface area contributed by atoms with Crippen molar-refractivity contribution in [3.63, 3.8) is 0 Å². The Morgan fingerprint density at radius 1 is 0.952 bits per heavy atom. The molecule has 1 aliphatic rings. The molecule has 1 aliphatic heterocycles. The molecule has 3 aromatic carbocycles. The molecule has 218 valence electrons. The van der Waals surface area contributed by atoms with Gasteiger partial charge < -0.3 is 14.5 Å². The maximum Gasteiger partial charge on any atom is 0.257 e. The molecule has 0 saturated carbocycles. The number of carbonyl (C=O) groups excluding carboxylic acids is 2. The fourth-order valence-electron chi connectivity index (χ4n) is 5.08. The molecule has 2 heterocycles. The molecule has 2 amide bonds. The maximum atomic E-state index is 14.1. The Bertz CT molecular complexity index is 1510. The van der Waals surface area contributed by atoms with Crippen LogP contribution >= 0.6 is 11.8 Å². The molecule has 10 heteroatoms. The molecule has 4 aromatic rings. The minimum atomic E-state index is -0.524. The monoisotopic (exact) mass is 587 g/mol. The summed E-state index contributed by atoms with van der Waals surface area (Å²) in [5.74, 6) is 1.56. The third-order valence-electron chi connectivity index (χ3n) is 7.36. The lowest BCUT2D eigenvalue weighted by molar-refractivity contribution is -0.133. The summed E-state index contributed by atoms with van der Waals surface area (Å²) in [6.07, 6.45) is 2.03. The Morgan fingerprint density at radius 3 is 2.40 bits per heavy atom. The van der Waals surface area contributed by atoms with E-state index in [2.05, 4.69) is 10.2 Å². The van der Waals surface area contributed by atoms with Gasteiger partial charge in [0.1, 0.15) is 11.6 Å². The molecule has 1 saturated heterocycles. The first-order valence-corrected chi connectivity index (χ1v) is 15.1. The van der Waals surface area contributed by atoms with Crippen molar-refractivity contribution in [1.29, 1.82) is 0 Å². The number of piperazine rings is 1. The Labute approximate surface area is 249 Å². The molecule has 1 fully saturated rings. The lowest BCUT2D eigenvalue weighted by atomic mass is 10.1. The van der Waals surface area contributed by atoms with Crippen LogP contribution in [-0.2, 0) is 4.79 Å². The molecule has 0 bridgehead atoms. The second-order valence-corrected chi connectivity index (χ2v) is 11.2. The van der Waals surface area contributed by atoms with Crippen LogP contribution in [0.25, 0.3) is 17.1 Å². The Kier molecular flexibility index (Phi) is 9.53. The fraction of sp³-hybridized carbons (Fsp3) is 0.312. The molecule has 0 radical (unpaired) electrons. The molecule has 0 N–H and O–H groups in total. The predicted octanol–water partition coefficient (Wildman–Crippen LogP) is 5.72. The third-order valence-corrected chi connectivity index (χ3v) is 8.37. The second-order valence-electron chi connectivity index (χ2n) is 10.2. The Morgan fingerprint density at radius 2 is 1.69 bits per heavy atom. The first kappa shape index (κ1) is 29.3. The van der Waals surface area contributed by atoms with Crippen molar-refractivity contribution in [3.05, 3.63) is 90.2 Å². The van der Waals surface area contributed by atoms with Gasteiger partial charge in [-0.05, 0) is 56.2 Å². The number of halogens is 1. The van der Waals surface area contributed by atoms with Gasteiger partial charge in [-0.2, -0.15) is 0 Å². The topological polar surface area (TPSA) is 80.6 Å². The minimum absolute atomic E-state index is 0.0698. The average molecular weight is 588 g/mol. The van der Waals surface area contributed by atoms with Crippen molar-refractivity contribution in [3.8, 4) is 22.8 Å². The van der Waals surface area contributed by atoms with E-state index in [1.165, 1.54) is 12.1 Å². The number of ether oxygens (including phenoxy) is 1. The molecule has 0 spiro atoms. The summed E-state index contributed by atoms with van der Waals surface area (Å²) in [4.78, 5) is 29.3. The summed E-state index contributed by atoms with van der Waals surface area (Å²) in [5.41, 5.74) is 1.99. The number of hydrogen-bond donors (Lipinski definition) is 0. The highest BCUT2D eigenvalue weighted by molar-refractivity contribution is 7.99. The van der Waals surface area contributed by atoms with Crippen molar-refractivity contribution in [2.75, 3.05) is 32.5 Å². The van der Waals surface area contributed by atoms with Crippen LogP contribution in [0.4, 0.5) is 4.39 Å². The first-order chi connectivity index (χ1) is 20.5. The molecule has 42 heavy (non-hydrogen) atoms. The zero-order valence-corrected chi connectivity index (χ0v) is 24.6. The number of aromatic nitrogens is 3. The van der Waals surface area contributed by atoms with Crippen LogP contribution in [0.3, 0.4) is 0 Å². The van der Waals surface area contributed by atoms with Gasteiger partial charge in [0.15, 0.2) is 11.0 Å². The average Bonchev–Trinajstić information content (AvgIpc) is 3.45. The van der Waals surface area contributed by atoms with Crippen molar-refractivity contribution in [2.45, 2.75) is 37.4 Å². The number of hydrogen-bond acceptors (Lipinski definition) is 6. The van der Waals surface area contributed by atoms with Crippen molar-refractivity contribution < 1.29 is 18.7 Å². The highest BCUT2D eigenvalue weighted by Gasteiger charge is 2.31. The van der Waals surface area contributed by atoms with Crippen LogP contribution < -0.4 is 4.74 Å². The molecule has 1 unspecified atom stereocenters. The summed E-state index contributed by atoms with van der Waals surface area (Å²) >= 11 is 1.62. The Hall–Kier alpha value is -4.18. The van der Waals surface area contributed by atoms with Gasteiger partial charge >= 0.3 is 0 Å². The van der Waals surface area contributed by atoms with Crippen LogP contribution in [0.15, 0.2) is 84.0 Å². The maximum absolute atomic E-state index is 14.1. The number of nitrogens with zero attached hydrogens (tertiary/aromatic N) is 5. The van der Waals surface area contributed by atoms with Gasteiger partial charge in [-0.25, -0.2) is 4.39 Å². The number of rotatable bonds is 10. The molecule has 5 rings (SSSR count). The van der Waals surface area contributed by atoms with Gasteiger partial charge in [0.2, 0.25) is 5.91 Å². The first-order valence-electron chi connectivity index (χ1n) is 14.1. The molecular formula is C32H34FN5O3S. The van der Waals surface area contributed by atoms with Gasteiger partial charge in [-0.15, -0.1) is 10.2 Å². The van der Waals surface area contributed by atoms with E-state index in [4.69, 9.17) is 4.74 Å². The molecule has 0 aliphatic carbocycles. The second kappa shape index (κ2) is 13.7. The van der Waals surface area contributed by atoms with E-state index in [0.29, 0.717) is 26.1 Å². The van der Waals surface area contributed by atoms with Gasteiger partial charge in [-0.3, -0.25) is 14.2 Å². The molecule has 1 aromatic heterocycles. The van der Waals surface area contributed by atoms with Crippen LogP contribution in [0.5, 0.6) is 5.75 Å². The van der Waals surface area contributed by atoms with E-state index < -0.39 is 5.82 Å². The lowest BCUT2D eigenvalue weighted by Gasteiger charge is -2.40. The van der Waals surface area contributed by atoms with E-state index in [9.17, 15) is 14.0 Å². The fourth-order valence-corrected chi connectivity index (χ4v) is 6.03. The smallest absolute Gasteiger partial charge is 0.257 e. The summed E-state index contributed by atoms with van der Waals surface area (Å²) in [7, 11) is 1.64. The largest absolute Gasteiger partial charge is 0.497 e. The highest BCUT2D eigenvalue weighted by Crippen LogP contribution is 2.29. The number of amides is 2. The van der Waals surface area contributed by atoms with Crippen LogP contribution in [0.2, 0.25) is 0 Å². The highest BCUT2D eigenvalue weighted by atomic mass is 32.2. The number of thioether (sulfide) groups is 1. The van der Waals surface area contributed by atoms with Crippen molar-refractivity contribution in [1.82, 2.24) is 24.6 Å². The van der Waals surface area contributed by atoms with E-state index in [0.717, 1.165) is 46.6 Å². The molecular weight excluding hydrogens is 553 g/mol. The third kappa shape index (κ3) is 6.65. The molecule has 8 nitrogen and oxygen atoms in total. The van der Waals surface area contributed by atoms with Crippen molar-refractivity contribution >= 4 is 23.6 Å². The zero-order chi connectivity index (χ0) is 29.5. The zero-order valence-electron chi connectivity index (χ0n) is 23.8. The number of methoxy groups -OCH3 is 1. The van der Waals surface area contributed by atoms with Crippen molar-refractivity contribution in [2.24, 2.45) is 0 Å². The van der Waals surface area contributed by atoms with E-state index >= 15 is 0 Å². The summed E-state index contributed by atoms with van der Waals surface area (Å²) < 4.78 is 21.5. The minimum Gasteiger partial charge on any atom is -0.497 e. The number of benzene rings is 3. The van der Waals surface area contributed by atoms with Crippen LogP contribution in [0, 0.1) is 5.82 Å². The van der Waals surface area contributed by atoms with Gasteiger partial charge in [0.25, 0.3) is 5.91 Å². The van der Waals surface area contributed by atoms with E-state index in [1.54, 1.807) is 35.9 Å². The number of carbonyl (C=O) groups is 2. The van der Waals surface area contributed by atoms with Gasteiger partial charge in [0, 0.05) is 49.1 Å². The normalized spacial score (nSPS) is 15.1. The predicted molar refractivity (Wildman–Crippen MR) is 161 cm³/mol. The Balaban J connectivity index is 1.14. The van der Waals surface area contributed by atoms with E-state index in [-0.39, 0.29) is 23.4 Å². The standard InChI is InChI=1S/C32H34FN5O3S/c1-23-22-36(19-20-37(23)31(40)27-12-6-7-13-28(27)33)29(39)14-8-9-21-42-32-35-34-30(24-10-4-3-5-11-24)38(32)25-15-17-26(41-2)18-16-25/h3-7,10-13,15-18,23H,8-9,14,19-22H2,1-2H3. The van der Waals surface area contributed by atoms with Gasteiger partial charge in [0.05, 0.1) is 12.7 Å². The summed E-state index contributed by atoms with van der Waals surface area (Å²) in [6.45, 7) is 3.19. The SMILES string of the molecule is COc1ccc(-n2c(SCCCCC(=O)N3CCN(C(=O)c4ccccc4F)C(C)C3)nnc2-c2ccccc2)cc1. The summed E-state index contributed by atoms with van der Waals surface area (Å²) in [5, 5.41) is 9.77. The molecule has 1 atom stereocenters. The summed E-state index contributed by atoms with van der Waals surface area (Å²) in [6, 6.07) is 23.6. The van der Waals surface area contributed by atoms with E-state index in [1.807, 2.05) is 71.0 Å². The van der Waals surface area contributed by atoms with Crippen LogP contribution in [-0.4, -0.2) is 74.9 Å². The van der Waals surface area contributed by atoms with Crippen LogP contribution in [0.1, 0.15) is 36.5 Å². The lowest BCUT2D eigenvalue weighted by Crippen LogP contribution is -2.55. The van der Waals surface area contributed by atoms with Gasteiger partial charge in [-0.1, -0.05) is 54.2 Å². The number of unbranched alkanes of at least 4 members (excludes halogenated alkanes) is 1.